The number of benzene rings is 1. The van der Waals surface area contributed by atoms with E-state index in [4.69, 9.17) is 9.47 Å². The summed E-state index contributed by atoms with van der Waals surface area (Å²) >= 11 is 0. The largest absolute Gasteiger partial charge is 0.492 e. The number of rotatable bonds is 9. The summed E-state index contributed by atoms with van der Waals surface area (Å²) in [6, 6.07) is 5.77. The van der Waals surface area contributed by atoms with Gasteiger partial charge in [0.2, 0.25) is 5.91 Å². The molecule has 0 saturated heterocycles. The van der Waals surface area contributed by atoms with Crippen LogP contribution >= 0.6 is 24.0 Å². The van der Waals surface area contributed by atoms with Gasteiger partial charge < -0.3 is 25.4 Å². The summed E-state index contributed by atoms with van der Waals surface area (Å²) in [6.45, 7) is 5.50. The van der Waals surface area contributed by atoms with E-state index in [1.165, 1.54) is 0 Å². The minimum absolute atomic E-state index is 0. The fraction of sp³-hybridized carbons (Fsp3) is 0.556. The second-order valence-corrected chi connectivity index (χ2v) is 5.69. The highest BCUT2D eigenvalue weighted by Crippen LogP contribution is 2.26. The number of nitrogens with zero attached hydrogens (tertiary/aromatic N) is 1. The topological polar surface area (TPSA) is 84.0 Å². The van der Waals surface area contributed by atoms with Crippen molar-refractivity contribution in [3.05, 3.63) is 23.8 Å². The van der Waals surface area contributed by atoms with Crippen LogP contribution in [0.15, 0.2) is 23.2 Å². The van der Waals surface area contributed by atoms with E-state index in [0.717, 1.165) is 55.6 Å². The van der Waals surface area contributed by atoms with E-state index in [1.54, 1.807) is 7.05 Å². The Kier molecular flexibility index (Phi) is 11.0. The van der Waals surface area contributed by atoms with Gasteiger partial charge in [-0.25, -0.2) is 0 Å². The summed E-state index contributed by atoms with van der Waals surface area (Å²) in [5, 5.41) is 9.32. The lowest BCUT2D eigenvalue weighted by Gasteiger charge is -2.18. The zero-order chi connectivity index (χ0) is 17.9. The van der Waals surface area contributed by atoms with Crippen molar-refractivity contribution >= 4 is 41.5 Å². The number of hydrogen-bond donors (Lipinski definition) is 3. The number of guanidine groups is 1. The Labute approximate surface area is 172 Å². The quantitative estimate of drug-likeness (QED) is 0.220. The van der Waals surface area contributed by atoms with Crippen LogP contribution in [-0.2, 0) is 16.0 Å². The standard InChI is InChI=1S/C18H28N4O3.HI/c1-3-24-11-4-9-20-18(19-2)21-10-12-25-15-6-7-16-14(13-15)5-8-17(23)22-16;/h6-7,13H,3-5,8-12H2,1-2H3,(H,22,23)(H2,19,20,21);1H. The van der Waals surface area contributed by atoms with Gasteiger partial charge in [0.25, 0.3) is 0 Å². The average molecular weight is 476 g/mol. The third kappa shape index (κ3) is 7.77. The van der Waals surface area contributed by atoms with E-state index in [1.807, 2.05) is 25.1 Å². The SMILES string of the molecule is CCOCCCNC(=NC)NCCOc1ccc2c(c1)CCC(=O)N2.I. The van der Waals surface area contributed by atoms with Crippen LogP contribution < -0.4 is 20.7 Å². The molecule has 0 fully saturated rings. The molecule has 1 aliphatic heterocycles. The lowest BCUT2D eigenvalue weighted by Crippen LogP contribution is -2.39. The summed E-state index contributed by atoms with van der Waals surface area (Å²) in [4.78, 5) is 15.5. The highest BCUT2D eigenvalue weighted by Gasteiger charge is 2.14. The van der Waals surface area contributed by atoms with Crippen molar-refractivity contribution in [1.82, 2.24) is 10.6 Å². The Morgan fingerprint density at radius 1 is 1.23 bits per heavy atom. The Morgan fingerprint density at radius 3 is 2.81 bits per heavy atom. The Hall–Kier alpha value is -1.55. The fourth-order valence-electron chi connectivity index (χ4n) is 2.53. The highest BCUT2D eigenvalue weighted by atomic mass is 127. The minimum atomic E-state index is 0. The van der Waals surface area contributed by atoms with Crippen molar-refractivity contribution in [3.63, 3.8) is 0 Å². The zero-order valence-electron chi connectivity index (χ0n) is 15.5. The molecule has 0 unspecified atom stereocenters. The van der Waals surface area contributed by atoms with E-state index in [-0.39, 0.29) is 29.9 Å². The molecule has 1 heterocycles. The summed E-state index contributed by atoms with van der Waals surface area (Å²) in [5.74, 6) is 1.65. The molecule has 0 radical (unpaired) electrons. The molecule has 3 N–H and O–H groups in total. The summed E-state index contributed by atoms with van der Waals surface area (Å²) in [7, 11) is 1.75. The van der Waals surface area contributed by atoms with Crippen molar-refractivity contribution in [2.75, 3.05) is 45.3 Å². The lowest BCUT2D eigenvalue weighted by atomic mass is 10.0. The van der Waals surface area contributed by atoms with Crippen LogP contribution in [0.4, 0.5) is 5.69 Å². The number of nitrogens with one attached hydrogen (secondary N) is 3. The van der Waals surface area contributed by atoms with E-state index < -0.39 is 0 Å². The van der Waals surface area contributed by atoms with Crippen molar-refractivity contribution in [1.29, 1.82) is 0 Å². The summed E-state index contributed by atoms with van der Waals surface area (Å²) in [5.41, 5.74) is 2.01. The molecular formula is C18H29IN4O3. The molecule has 1 aliphatic rings. The smallest absolute Gasteiger partial charge is 0.224 e. The van der Waals surface area contributed by atoms with E-state index >= 15 is 0 Å². The molecule has 8 heteroatoms. The lowest BCUT2D eigenvalue weighted by molar-refractivity contribution is -0.116. The number of anilines is 1. The van der Waals surface area contributed by atoms with Gasteiger partial charge in [0, 0.05) is 38.9 Å². The Morgan fingerprint density at radius 2 is 2.04 bits per heavy atom. The van der Waals surface area contributed by atoms with E-state index in [0.29, 0.717) is 19.6 Å². The second-order valence-electron chi connectivity index (χ2n) is 5.69. The van der Waals surface area contributed by atoms with Crippen molar-refractivity contribution in [2.24, 2.45) is 4.99 Å². The van der Waals surface area contributed by atoms with Crippen LogP contribution in [0, 0.1) is 0 Å². The van der Waals surface area contributed by atoms with Gasteiger partial charge in [-0.15, -0.1) is 24.0 Å². The summed E-state index contributed by atoms with van der Waals surface area (Å²) < 4.78 is 11.1. The van der Waals surface area contributed by atoms with E-state index in [9.17, 15) is 4.79 Å². The molecule has 0 atom stereocenters. The van der Waals surface area contributed by atoms with Gasteiger partial charge >= 0.3 is 0 Å². The number of hydrogen-bond acceptors (Lipinski definition) is 4. The zero-order valence-corrected chi connectivity index (χ0v) is 17.8. The van der Waals surface area contributed by atoms with Crippen LogP contribution in [-0.4, -0.2) is 51.8 Å². The van der Waals surface area contributed by atoms with Crippen LogP contribution in [0.25, 0.3) is 0 Å². The number of carbonyl (C=O) groups is 1. The van der Waals surface area contributed by atoms with Gasteiger partial charge in [0.15, 0.2) is 5.96 Å². The normalized spacial score (nSPS) is 13.3. The predicted molar refractivity (Wildman–Crippen MR) is 115 cm³/mol. The van der Waals surface area contributed by atoms with Crippen LogP contribution in [0.5, 0.6) is 5.75 Å². The number of aliphatic imine (C=N–C) groups is 1. The number of amides is 1. The maximum Gasteiger partial charge on any atom is 0.224 e. The average Bonchev–Trinajstić information content (AvgIpc) is 2.63. The third-order valence-corrected chi connectivity index (χ3v) is 3.82. The van der Waals surface area contributed by atoms with Crippen molar-refractivity contribution < 1.29 is 14.3 Å². The molecule has 1 aromatic rings. The number of carbonyl (C=O) groups excluding carboxylic acids is 1. The molecular weight excluding hydrogens is 447 g/mol. The number of ether oxygens (including phenoxy) is 2. The third-order valence-electron chi connectivity index (χ3n) is 3.82. The molecule has 26 heavy (non-hydrogen) atoms. The molecule has 7 nitrogen and oxygen atoms in total. The molecule has 0 spiro atoms. The van der Waals surface area contributed by atoms with Gasteiger partial charge in [0.05, 0.1) is 6.54 Å². The highest BCUT2D eigenvalue weighted by molar-refractivity contribution is 14.0. The Bertz CT molecular complexity index is 596. The molecule has 0 aromatic heterocycles. The number of aryl methyl sites for hydroxylation is 1. The molecule has 0 aliphatic carbocycles. The maximum absolute atomic E-state index is 11.4. The molecule has 2 rings (SSSR count). The molecule has 1 amide bonds. The molecule has 0 saturated carbocycles. The first-order valence-electron chi connectivity index (χ1n) is 8.80. The monoisotopic (exact) mass is 476 g/mol. The van der Waals surface area contributed by atoms with Gasteiger partial charge in [-0.1, -0.05) is 0 Å². The maximum atomic E-state index is 11.4. The fourth-order valence-corrected chi connectivity index (χ4v) is 2.53. The van der Waals surface area contributed by atoms with Crippen LogP contribution in [0.3, 0.4) is 0 Å². The van der Waals surface area contributed by atoms with E-state index in [2.05, 4.69) is 20.9 Å². The molecule has 0 bridgehead atoms. The van der Waals surface area contributed by atoms with Gasteiger partial charge in [-0.05, 0) is 43.5 Å². The first-order chi connectivity index (χ1) is 12.2. The van der Waals surface area contributed by atoms with Crippen molar-refractivity contribution in [2.45, 2.75) is 26.2 Å². The van der Waals surface area contributed by atoms with Crippen molar-refractivity contribution in [3.8, 4) is 5.75 Å². The number of fused-ring (bicyclic) bond motifs is 1. The molecule has 1 aromatic carbocycles. The van der Waals surface area contributed by atoms with Crippen LogP contribution in [0.1, 0.15) is 25.3 Å². The number of halogens is 1. The first kappa shape index (κ1) is 22.5. The molecule has 146 valence electrons. The first-order valence-corrected chi connectivity index (χ1v) is 8.80. The predicted octanol–water partition coefficient (Wildman–Crippen LogP) is 2.16. The second kappa shape index (κ2) is 12.7. The summed E-state index contributed by atoms with van der Waals surface area (Å²) in [6.07, 6.45) is 2.23. The van der Waals surface area contributed by atoms with Crippen LogP contribution in [0.2, 0.25) is 0 Å². The van der Waals surface area contributed by atoms with Gasteiger partial charge in [-0.3, -0.25) is 9.79 Å². The van der Waals surface area contributed by atoms with Gasteiger partial charge in [-0.2, -0.15) is 0 Å². The van der Waals surface area contributed by atoms with Gasteiger partial charge in [0.1, 0.15) is 12.4 Å². The minimum Gasteiger partial charge on any atom is -0.492 e. The Balaban J connectivity index is 0.00000338.